The molecule has 0 heterocycles. The van der Waals surface area contributed by atoms with E-state index in [1.54, 1.807) is 7.11 Å². The standard InChI is InChI=1S/C17H21O4P/c1-18-14-8-9-15-19-22(20-16-10-4-2-5-11-16)21-17-12-6-3-7-13-17/h2-7,10-13H,8-9,14-15H2,1H3. The van der Waals surface area contributed by atoms with Crippen molar-refractivity contribution >= 4 is 8.60 Å². The first-order valence-corrected chi connectivity index (χ1v) is 8.36. The van der Waals surface area contributed by atoms with Crippen LogP contribution >= 0.6 is 8.60 Å². The molecule has 0 aromatic heterocycles. The maximum atomic E-state index is 5.81. The van der Waals surface area contributed by atoms with Crippen LogP contribution in [-0.4, -0.2) is 20.3 Å². The molecule has 0 aliphatic carbocycles. The van der Waals surface area contributed by atoms with Crippen molar-refractivity contribution in [1.82, 2.24) is 0 Å². The van der Waals surface area contributed by atoms with E-state index in [4.69, 9.17) is 18.3 Å². The largest absolute Gasteiger partial charge is 0.463 e. The monoisotopic (exact) mass is 320 g/mol. The number of unbranched alkanes of at least 4 members (excludes halogenated alkanes) is 1. The van der Waals surface area contributed by atoms with E-state index in [2.05, 4.69) is 0 Å². The van der Waals surface area contributed by atoms with Crippen molar-refractivity contribution in [3.63, 3.8) is 0 Å². The first kappa shape index (κ1) is 16.8. The molecule has 2 aromatic carbocycles. The van der Waals surface area contributed by atoms with Crippen molar-refractivity contribution in [3.8, 4) is 11.5 Å². The normalized spacial score (nSPS) is 10.6. The molecule has 5 heteroatoms. The van der Waals surface area contributed by atoms with Crippen LogP contribution in [0.2, 0.25) is 0 Å². The molecule has 118 valence electrons. The first-order chi connectivity index (χ1) is 10.9. The third kappa shape index (κ3) is 6.44. The zero-order valence-corrected chi connectivity index (χ0v) is 13.6. The third-order valence-electron chi connectivity index (χ3n) is 2.79. The highest BCUT2D eigenvalue weighted by molar-refractivity contribution is 7.42. The van der Waals surface area contributed by atoms with Crippen molar-refractivity contribution in [2.24, 2.45) is 0 Å². The molecule has 0 spiro atoms. The number of methoxy groups -OCH3 is 1. The van der Waals surface area contributed by atoms with Gasteiger partial charge in [0.25, 0.3) is 0 Å². The Morgan fingerprint density at radius 3 is 1.73 bits per heavy atom. The molecule has 0 aliphatic heterocycles. The Bertz CT molecular complexity index is 465. The van der Waals surface area contributed by atoms with E-state index in [0.29, 0.717) is 6.61 Å². The van der Waals surface area contributed by atoms with Gasteiger partial charge < -0.3 is 13.8 Å². The van der Waals surface area contributed by atoms with Crippen LogP contribution in [0, 0.1) is 0 Å². The molecule has 2 rings (SSSR count). The van der Waals surface area contributed by atoms with Crippen molar-refractivity contribution in [1.29, 1.82) is 0 Å². The maximum Gasteiger partial charge on any atom is 0.463 e. The second-order valence-corrected chi connectivity index (χ2v) is 5.64. The second kappa shape index (κ2) is 10.2. The summed E-state index contributed by atoms with van der Waals surface area (Å²) in [5, 5.41) is 0. The van der Waals surface area contributed by atoms with Gasteiger partial charge in [0.2, 0.25) is 0 Å². The van der Waals surface area contributed by atoms with Gasteiger partial charge in [0, 0.05) is 13.7 Å². The zero-order valence-electron chi connectivity index (χ0n) is 12.7. The smallest absolute Gasteiger partial charge is 0.418 e. The lowest BCUT2D eigenvalue weighted by atomic mass is 10.3. The Balaban J connectivity index is 1.88. The fraction of sp³-hybridized carbons (Fsp3) is 0.294. The van der Waals surface area contributed by atoms with Crippen LogP contribution in [0.5, 0.6) is 11.5 Å². The predicted molar refractivity (Wildman–Crippen MR) is 88.1 cm³/mol. The SMILES string of the molecule is COCCCCOP(Oc1ccccc1)Oc1ccccc1. The molecule has 0 aliphatic rings. The van der Waals surface area contributed by atoms with E-state index in [0.717, 1.165) is 30.9 Å². The summed E-state index contributed by atoms with van der Waals surface area (Å²) < 4.78 is 22.4. The molecule has 4 nitrogen and oxygen atoms in total. The molecular formula is C17H21O4P. The van der Waals surface area contributed by atoms with Gasteiger partial charge >= 0.3 is 8.60 Å². The Morgan fingerprint density at radius 2 is 1.23 bits per heavy atom. The van der Waals surface area contributed by atoms with E-state index in [9.17, 15) is 0 Å². The number of rotatable bonds is 10. The van der Waals surface area contributed by atoms with Crippen LogP contribution in [0.1, 0.15) is 12.8 Å². The highest BCUT2D eigenvalue weighted by Crippen LogP contribution is 2.41. The molecule has 0 amide bonds. The van der Waals surface area contributed by atoms with Crippen molar-refractivity contribution < 1.29 is 18.3 Å². The van der Waals surface area contributed by atoms with E-state index in [1.165, 1.54) is 0 Å². The molecule has 0 saturated heterocycles. The van der Waals surface area contributed by atoms with Crippen LogP contribution in [0.4, 0.5) is 0 Å². The lowest BCUT2D eigenvalue weighted by molar-refractivity contribution is 0.181. The lowest BCUT2D eigenvalue weighted by Crippen LogP contribution is -2.02. The van der Waals surface area contributed by atoms with Gasteiger partial charge in [-0.3, -0.25) is 4.52 Å². The maximum absolute atomic E-state index is 5.81. The number of hydrogen-bond donors (Lipinski definition) is 0. The Labute approximate surface area is 133 Å². The van der Waals surface area contributed by atoms with Crippen LogP contribution < -0.4 is 9.05 Å². The summed E-state index contributed by atoms with van der Waals surface area (Å²) in [6.07, 6.45) is 1.86. The highest BCUT2D eigenvalue weighted by atomic mass is 31.2. The summed E-state index contributed by atoms with van der Waals surface area (Å²) in [6.45, 7) is 1.31. The molecule has 0 saturated carbocycles. The van der Waals surface area contributed by atoms with Crippen LogP contribution in [0.15, 0.2) is 60.7 Å². The number of para-hydroxylation sites is 2. The van der Waals surface area contributed by atoms with E-state index >= 15 is 0 Å². The third-order valence-corrected chi connectivity index (χ3v) is 3.90. The molecule has 2 aromatic rings. The Kier molecular flexibility index (Phi) is 7.75. The zero-order chi connectivity index (χ0) is 15.5. The van der Waals surface area contributed by atoms with E-state index < -0.39 is 8.60 Å². The van der Waals surface area contributed by atoms with Crippen molar-refractivity contribution in [2.45, 2.75) is 12.8 Å². The van der Waals surface area contributed by atoms with Gasteiger partial charge in [-0.15, -0.1) is 0 Å². The minimum Gasteiger partial charge on any atom is -0.418 e. The van der Waals surface area contributed by atoms with Crippen LogP contribution in [0.3, 0.4) is 0 Å². The second-order valence-electron chi connectivity index (χ2n) is 4.57. The van der Waals surface area contributed by atoms with Gasteiger partial charge in [0.05, 0.1) is 6.61 Å². The van der Waals surface area contributed by atoms with Crippen LogP contribution in [-0.2, 0) is 9.26 Å². The summed E-state index contributed by atoms with van der Waals surface area (Å²) in [7, 11) is 0.224. The fourth-order valence-corrected chi connectivity index (χ4v) is 2.70. The summed E-state index contributed by atoms with van der Waals surface area (Å²) in [4.78, 5) is 0. The average molecular weight is 320 g/mol. The minimum atomic E-state index is -1.47. The van der Waals surface area contributed by atoms with E-state index in [1.807, 2.05) is 60.7 Å². The summed E-state index contributed by atoms with van der Waals surface area (Å²) >= 11 is 0. The summed E-state index contributed by atoms with van der Waals surface area (Å²) in [5.74, 6) is 1.47. The number of hydrogen-bond acceptors (Lipinski definition) is 4. The Morgan fingerprint density at radius 1 is 0.727 bits per heavy atom. The molecule has 0 radical (unpaired) electrons. The molecular weight excluding hydrogens is 299 g/mol. The van der Waals surface area contributed by atoms with E-state index in [-0.39, 0.29) is 0 Å². The average Bonchev–Trinajstić information content (AvgIpc) is 2.56. The predicted octanol–water partition coefficient (Wildman–Crippen LogP) is 4.81. The highest BCUT2D eigenvalue weighted by Gasteiger charge is 2.16. The minimum absolute atomic E-state index is 0.578. The van der Waals surface area contributed by atoms with Gasteiger partial charge in [0.15, 0.2) is 0 Å². The van der Waals surface area contributed by atoms with Crippen molar-refractivity contribution in [2.75, 3.05) is 20.3 Å². The molecule has 0 atom stereocenters. The van der Waals surface area contributed by atoms with Gasteiger partial charge in [-0.2, -0.15) is 0 Å². The van der Waals surface area contributed by atoms with Gasteiger partial charge in [-0.1, -0.05) is 36.4 Å². The first-order valence-electron chi connectivity index (χ1n) is 7.26. The lowest BCUT2D eigenvalue weighted by Gasteiger charge is -2.17. The Hall–Kier alpha value is -1.61. The van der Waals surface area contributed by atoms with Crippen LogP contribution in [0.25, 0.3) is 0 Å². The number of ether oxygens (including phenoxy) is 1. The van der Waals surface area contributed by atoms with Gasteiger partial charge in [-0.05, 0) is 37.1 Å². The van der Waals surface area contributed by atoms with Gasteiger partial charge in [0.1, 0.15) is 11.5 Å². The van der Waals surface area contributed by atoms with Gasteiger partial charge in [-0.25, -0.2) is 0 Å². The molecule has 0 unspecified atom stereocenters. The molecule has 0 N–H and O–H groups in total. The topological polar surface area (TPSA) is 36.9 Å². The summed E-state index contributed by atoms with van der Waals surface area (Å²) in [5.41, 5.74) is 0. The molecule has 22 heavy (non-hydrogen) atoms. The molecule has 0 bridgehead atoms. The number of benzene rings is 2. The van der Waals surface area contributed by atoms with Crippen molar-refractivity contribution in [3.05, 3.63) is 60.7 Å². The quantitative estimate of drug-likeness (QED) is 0.465. The molecule has 0 fully saturated rings. The summed E-state index contributed by atoms with van der Waals surface area (Å²) in [6, 6.07) is 19.1. The fourth-order valence-electron chi connectivity index (χ4n) is 1.69.